The Morgan fingerprint density at radius 2 is 1.71 bits per heavy atom. The van der Waals surface area contributed by atoms with E-state index in [4.69, 9.17) is 0 Å². The van der Waals surface area contributed by atoms with Crippen LogP contribution in [0.3, 0.4) is 0 Å². The van der Waals surface area contributed by atoms with Gasteiger partial charge in [-0.2, -0.15) is 0 Å². The van der Waals surface area contributed by atoms with Crippen molar-refractivity contribution >= 4 is 23.5 Å². The lowest BCUT2D eigenvalue weighted by molar-refractivity contribution is -0.140. The monoisotopic (exact) mass is 420 g/mol. The van der Waals surface area contributed by atoms with Crippen molar-refractivity contribution in [2.75, 3.05) is 25.1 Å². The van der Waals surface area contributed by atoms with E-state index < -0.39 is 0 Å². The molecule has 0 spiro atoms. The lowest BCUT2D eigenvalue weighted by atomic mass is 9.95. The first-order valence-electron chi connectivity index (χ1n) is 10.9. The quantitative estimate of drug-likeness (QED) is 0.696. The molecule has 1 fully saturated rings. The van der Waals surface area contributed by atoms with Crippen LogP contribution in [0.5, 0.6) is 0 Å². The van der Waals surface area contributed by atoms with Crippen LogP contribution >= 0.6 is 0 Å². The van der Waals surface area contributed by atoms with Crippen molar-refractivity contribution in [2.45, 2.75) is 44.6 Å². The largest absolute Gasteiger partial charge is 0.469 e. The number of amides is 2. The molecule has 2 aliphatic rings. The summed E-state index contributed by atoms with van der Waals surface area (Å²) in [6, 6.07) is 15.7. The SMILES string of the molecule is COC(=O)CCc1ccc(C(=O)N2CCC(N3C(=O)CCc4ccccc43)CC2)cc1. The number of methoxy groups -OCH3 is 1. The van der Waals surface area contributed by atoms with Crippen molar-refractivity contribution in [1.82, 2.24) is 4.90 Å². The fourth-order valence-electron chi connectivity index (χ4n) is 4.53. The Morgan fingerprint density at radius 3 is 2.42 bits per heavy atom. The molecule has 6 nitrogen and oxygen atoms in total. The second-order valence-corrected chi connectivity index (χ2v) is 8.19. The predicted octanol–water partition coefficient (Wildman–Crippen LogP) is 3.38. The van der Waals surface area contributed by atoms with Gasteiger partial charge < -0.3 is 14.5 Å². The molecule has 0 atom stereocenters. The summed E-state index contributed by atoms with van der Waals surface area (Å²) in [5.41, 5.74) is 3.92. The number of carbonyl (C=O) groups excluding carboxylic acids is 3. The molecule has 31 heavy (non-hydrogen) atoms. The molecule has 0 saturated carbocycles. The minimum absolute atomic E-state index is 0.0170. The van der Waals surface area contributed by atoms with E-state index in [1.165, 1.54) is 12.7 Å². The number of aryl methyl sites for hydroxylation is 2. The van der Waals surface area contributed by atoms with Gasteiger partial charge in [-0.1, -0.05) is 30.3 Å². The van der Waals surface area contributed by atoms with Gasteiger partial charge in [-0.15, -0.1) is 0 Å². The van der Waals surface area contributed by atoms with Gasteiger partial charge in [0.15, 0.2) is 0 Å². The van der Waals surface area contributed by atoms with Gasteiger partial charge in [0.25, 0.3) is 5.91 Å². The number of carbonyl (C=O) groups is 3. The van der Waals surface area contributed by atoms with Gasteiger partial charge in [-0.05, 0) is 55.0 Å². The molecule has 0 bridgehead atoms. The highest BCUT2D eigenvalue weighted by atomic mass is 16.5. The Balaban J connectivity index is 1.36. The number of piperidine rings is 1. The minimum atomic E-state index is -0.238. The molecule has 2 amide bonds. The van der Waals surface area contributed by atoms with Gasteiger partial charge >= 0.3 is 5.97 Å². The maximum atomic E-state index is 12.9. The highest BCUT2D eigenvalue weighted by Gasteiger charge is 2.33. The molecular formula is C25H28N2O4. The van der Waals surface area contributed by atoms with E-state index in [0.717, 1.165) is 30.5 Å². The number of rotatable bonds is 5. The highest BCUT2D eigenvalue weighted by Crippen LogP contribution is 2.32. The third-order valence-electron chi connectivity index (χ3n) is 6.29. The number of fused-ring (bicyclic) bond motifs is 1. The Bertz CT molecular complexity index is 962. The first kappa shape index (κ1) is 21.1. The molecule has 1 saturated heterocycles. The zero-order chi connectivity index (χ0) is 21.8. The van der Waals surface area contributed by atoms with Crippen LogP contribution in [0.4, 0.5) is 5.69 Å². The summed E-state index contributed by atoms with van der Waals surface area (Å²) in [6.07, 6.45) is 3.84. The van der Waals surface area contributed by atoms with Gasteiger partial charge in [-0.3, -0.25) is 14.4 Å². The topological polar surface area (TPSA) is 66.9 Å². The Kier molecular flexibility index (Phi) is 6.35. The van der Waals surface area contributed by atoms with Crippen LogP contribution in [-0.2, 0) is 27.2 Å². The lowest BCUT2D eigenvalue weighted by Gasteiger charge is -2.41. The molecule has 0 unspecified atom stereocenters. The maximum absolute atomic E-state index is 12.9. The van der Waals surface area contributed by atoms with Crippen LogP contribution in [0.25, 0.3) is 0 Å². The van der Waals surface area contributed by atoms with Crippen molar-refractivity contribution in [3.8, 4) is 0 Å². The average molecular weight is 421 g/mol. The van der Waals surface area contributed by atoms with Crippen LogP contribution in [0, 0.1) is 0 Å². The number of hydrogen-bond donors (Lipinski definition) is 0. The van der Waals surface area contributed by atoms with Gasteiger partial charge in [-0.25, -0.2) is 0 Å². The maximum Gasteiger partial charge on any atom is 0.305 e. The molecule has 0 aromatic heterocycles. The third kappa shape index (κ3) is 4.63. The molecule has 2 heterocycles. The number of esters is 1. The first-order valence-corrected chi connectivity index (χ1v) is 10.9. The van der Waals surface area contributed by atoms with E-state index in [9.17, 15) is 14.4 Å². The van der Waals surface area contributed by atoms with Crippen LogP contribution < -0.4 is 4.90 Å². The molecule has 2 aromatic carbocycles. The fraction of sp³-hybridized carbons (Fsp3) is 0.400. The van der Waals surface area contributed by atoms with Crippen molar-refractivity contribution in [3.63, 3.8) is 0 Å². The molecule has 0 N–H and O–H groups in total. The molecule has 0 radical (unpaired) electrons. The molecule has 2 aromatic rings. The zero-order valence-corrected chi connectivity index (χ0v) is 17.9. The number of benzene rings is 2. The molecule has 6 heteroatoms. The molecule has 0 aliphatic carbocycles. The first-order chi connectivity index (χ1) is 15.1. The summed E-state index contributed by atoms with van der Waals surface area (Å²) in [5, 5.41) is 0. The van der Waals surface area contributed by atoms with E-state index in [2.05, 4.69) is 10.8 Å². The number of ether oxygens (including phenoxy) is 1. The fourth-order valence-corrected chi connectivity index (χ4v) is 4.53. The summed E-state index contributed by atoms with van der Waals surface area (Å²) in [6.45, 7) is 1.28. The normalized spacial score (nSPS) is 16.7. The number of likely N-dealkylation sites (tertiary alicyclic amines) is 1. The van der Waals surface area contributed by atoms with E-state index in [-0.39, 0.29) is 23.8 Å². The summed E-state index contributed by atoms with van der Waals surface area (Å²) in [5.74, 6) is -0.0350. The van der Waals surface area contributed by atoms with Crippen LogP contribution in [0.1, 0.15) is 47.2 Å². The van der Waals surface area contributed by atoms with Crippen molar-refractivity contribution in [1.29, 1.82) is 0 Å². The number of anilines is 1. The molecule has 4 rings (SSSR count). The van der Waals surface area contributed by atoms with E-state index in [1.807, 2.05) is 52.3 Å². The Hall–Kier alpha value is -3.15. The van der Waals surface area contributed by atoms with Gasteiger partial charge in [0, 0.05) is 43.2 Å². The number of para-hydroxylation sites is 1. The van der Waals surface area contributed by atoms with Crippen LogP contribution in [0.2, 0.25) is 0 Å². The predicted molar refractivity (Wildman–Crippen MR) is 118 cm³/mol. The van der Waals surface area contributed by atoms with Crippen LogP contribution in [0.15, 0.2) is 48.5 Å². The van der Waals surface area contributed by atoms with E-state index in [0.29, 0.717) is 37.9 Å². The van der Waals surface area contributed by atoms with E-state index in [1.54, 1.807) is 0 Å². The van der Waals surface area contributed by atoms with Gasteiger partial charge in [0.1, 0.15) is 0 Å². The van der Waals surface area contributed by atoms with Crippen molar-refractivity contribution in [3.05, 3.63) is 65.2 Å². The summed E-state index contributed by atoms with van der Waals surface area (Å²) >= 11 is 0. The Labute approximate surface area is 182 Å². The third-order valence-corrected chi connectivity index (χ3v) is 6.29. The van der Waals surface area contributed by atoms with Crippen LogP contribution in [-0.4, -0.2) is 48.9 Å². The standard InChI is InChI=1S/C25H28N2O4/c1-31-24(29)13-8-18-6-9-20(10-7-18)25(30)26-16-14-21(15-17-26)27-22-5-3-2-4-19(22)11-12-23(27)28/h2-7,9-10,21H,8,11-17H2,1H3. The summed E-state index contributed by atoms with van der Waals surface area (Å²) in [7, 11) is 1.38. The smallest absolute Gasteiger partial charge is 0.305 e. The second-order valence-electron chi connectivity index (χ2n) is 8.19. The van der Waals surface area contributed by atoms with E-state index >= 15 is 0 Å². The van der Waals surface area contributed by atoms with Crippen molar-refractivity contribution < 1.29 is 19.1 Å². The lowest BCUT2D eigenvalue weighted by Crippen LogP contribution is -2.50. The van der Waals surface area contributed by atoms with Gasteiger partial charge in [0.05, 0.1) is 7.11 Å². The van der Waals surface area contributed by atoms with Crippen molar-refractivity contribution in [2.24, 2.45) is 0 Å². The van der Waals surface area contributed by atoms with Gasteiger partial charge in [0.2, 0.25) is 5.91 Å². The summed E-state index contributed by atoms with van der Waals surface area (Å²) < 4.78 is 4.67. The summed E-state index contributed by atoms with van der Waals surface area (Å²) in [4.78, 5) is 40.7. The number of nitrogens with zero attached hydrogens (tertiary/aromatic N) is 2. The molecular weight excluding hydrogens is 392 g/mol. The second kappa shape index (κ2) is 9.33. The molecule has 2 aliphatic heterocycles. The number of hydrogen-bond acceptors (Lipinski definition) is 4. The average Bonchev–Trinajstić information content (AvgIpc) is 2.82. The minimum Gasteiger partial charge on any atom is -0.469 e. The highest BCUT2D eigenvalue weighted by molar-refractivity contribution is 5.97. The zero-order valence-electron chi connectivity index (χ0n) is 17.9. The Morgan fingerprint density at radius 1 is 1.00 bits per heavy atom. The molecule has 162 valence electrons.